The zero-order valence-corrected chi connectivity index (χ0v) is 7.14. The van der Waals surface area contributed by atoms with Gasteiger partial charge in [-0.25, -0.2) is 0 Å². The molecule has 1 aromatic heterocycles. The highest BCUT2D eigenvalue weighted by Gasteiger charge is 2.02. The quantitative estimate of drug-likeness (QED) is 0.639. The van der Waals surface area contributed by atoms with Crippen LogP contribution in [0, 0.1) is 0 Å². The van der Waals surface area contributed by atoms with Crippen molar-refractivity contribution in [1.82, 2.24) is 15.0 Å². The highest BCUT2D eigenvalue weighted by molar-refractivity contribution is 4.89. The minimum Gasteiger partial charge on any atom is -0.390 e. The van der Waals surface area contributed by atoms with Crippen LogP contribution in [-0.2, 0) is 13.2 Å². The lowest BCUT2D eigenvalue weighted by Crippen LogP contribution is -2.25. The monoisotopic (exact) mass is 170 g/mol. The van der Waals surface area contributed by atoms with Gasteiger partial charge in [0.05, 0.1) is 19.3 Å². The molecule has 0 radical (unpaired) electrons. The zero-order chi connectivity index (χ0) is 8.97. The summed E-state index contributed by atoms with van der Waals surface area (Å²) in [6.45, 7) is 2.61. The molecule has 5 nitrogen and oxygen atoms in total. The van der Waals surface area contributed by atoms with E-state index in [0.717, 1.165) is 6.42 Å². The van der Waals surface area contributed by atoms with E-state index in [-0.39, 0.29) is 12.6 Å². The van der Waals surface area contributed by atoms with Gasteiger partial charge in [-0.1, -0.05) is 12.1 Å². The van der Waals surface area contributed by atoms with Gasteiger partial charge in [-0.2, -0.15) is 0 Å². The van der Waals surface area contributed by atoms with E-state index in [1.54, 1.807) is 10.9 Å². The van der Waals surface area contributed by atoms with Crippen molar-refractivity contribution in [1.29, 1.82) is 0 Å². The van der Waals surface area contributed by atoms with Crippen molar-refractivity contribution in [2.75, 3.05) is 0 Å². The Kier molecular flexibility index (Phi) is 3.19. The third-order valence-electron chi connectivity index (χ3n) is 1.69. The molecule has 1 heterocycles. The summed E-state index contributed by atoms with van der Waals surface area (Å²) in [7, 11) is 0. The average Bonchev–Trinajstić information content (AvgIpc) is 2.52. The molecule has 0 bridgehead atoms. The molecule has 68 valence electrons. The molecule has 0 aliphatic heterocycles. The molecule has 0 aliphatic rings. The summed E-state index contributed by atoms with van der Waals surface area (Å²) < 4.78 is 1.65. The maximum absolute atomic E-state index is 8.70. The lowest BCUT2D eigenvalue weighted by atomic mass is 10.2. The SMILES string of the molecule is CC[C@@H](N)Cn1cc(CO)nn1. The lowest BCUT2D eigenvalue weighted by Gasteiger charge is -2.06. The van der Waals surface area contributed by atoms with Crippen molar-refractivity contribution in [3.05, 3.63) is 11.9 Å². The highest BCUT2D eigenvalue weighted by atomic mass is 16.3. The molecule has 0 saturated carbocycles. The molecule has 1 aromatic rings. The van der Waals surface area contributed by atoms with Gasteiger partial charge in [-0.15, -0.1) is 5.10 Å². The van der Waals surface area contributed by atoms with Gasteiger partial charge in [0.25, 0.3) is 0 Å². The fourth-order valence-electron chi connectivity index (χ4n) is 0.870. The first-order valence-corrected chi connectivity index (χ1v) is 4.01. The van der Waals surface area contributed by atoms with Crippen molar-refractivity contribution in [3.8, 4) is 0 Å². The van der Waals surface area contributed by atoms with Gasteiger partial charge in [0.2, 0.25) is 0 Å². The molecular weight excluding hydrogens is 156 g/mol. The molecule has 1 rings (SSSR count). The average molecular weight is 170 g/mol. The summed E-state index contributed by atoms with van der Waals surface area (Å²) in [5, 5.41) is 16.2. The van der Waals surface area contributed by atoms with Crippen LogP contribution in [0.1, 0.15) is 19.0 Å². The number of rotatable bonds is 4. The molecule has 5 heteroatoms. The highest BCUT2D eigenvalue weighted by Crippen LogP contribution is 1.95. The van der Waals surface area contributed by atoms with Gasteiger partial charge in [0.1, 0.15) is 5.69 Å². The van der Waals surface area contributed by atoms with Crippen molar-refractivity contribution in [3.63, 3.8) is 0 Å². The number of hydrogen-bond acceptors (Lipinski definition) is 4. The summed E-state index contributed by atoms with van der Waals surface area (Å²) in [6.07, 6.45) is 2.61. The van der Waals surface area contributed by atoms with Gasteiger partial charge in [0.15, 0.2) is 0 Å². The summed E-state index contributed by atoms with van der Waals surface area (Å²) in [5.41, 5.74) is 6.29. The van der Waals surface area contributed by atoms with Crippen molar-refractivity contribution >= 4 is 0 Å². The second kappa shape index (κ2) is 4.18. The topological polar surface area (TPSA) is 77.0 Å². The van der Waals surface area contributed by atoms with Crippen LogP contribution in [0.25, 0.3) is 0 Å². The number of hydrogen-bond donors (Lipinski definition) is 2. The number of nitrogens with zero attached hydrogens (tertiary/aromatic N) is 3. The Morgan fingerprint density at radius 3 is 3.00 bits per heavy atom. The molecule has 0 aromatic carbocycles. The normalized spacial score (nSPS) is 13.2. The van der Waals surface area contributed by atoms with E-state index in [9.17, 15) is 0 Å². The maximum Gasteiger partial charge on any atom is 0.108 e. The Morgan fingerprint density at radius 1 is 1.75 bits per heavy atom. The molecule has 3 N–H and O–H groups in total. The second-order valence-electron chi connectivity index (χ2n) is 2.76. The molecular formula is C7H14N4O. The Balaban J connectivity index is 2.52. The van der Waals surface area contributed by atoms with Gasteiger partial charge in [0, 0.05) is 6.04 Å². The van der Waals surface area contributed by atoms with E-state index in [4.69, 9.17) is 10.8 Å². The van der Waals surface area contributed by atoms with Crippen molar-refractivity contribution in [2.45, 2.75) is 32.5 Å². The third-order valence-corrected chi connectivity index (χ3v) is 1.69. The van der Waals surface area contributed by atoms with Crippen LogP contribution in [0.4, 0.5) is 0 Å². The van der Waals surface area contributed by atoms with Crippen LogP contribution < -0.4 is 5.73 Å². The van der Waals surface area contributed by atoms with Crippen LogP contribution in [0.5, 0.6) is 0 Å². The molecule has 0 saturated heterocycles. The first kappa shape index (κ1) is 9.15. The number of nitrogens with two attached hydrogens (primary N) is 1. The summed E-state index contributed by atoms with van der Waals surface area (Å²) in [5.74, 6) is 0. The molecule has 0 amide bonds. The van der Waals surface area contributed by atoms with Gasteiger partial charge in [-0.3, -0.25) is 4.68 Å². The molecule has 0 unspecified atom stereocenters. The molecule has 0 fully saturated rings. The molecule has 0 spiro atoms. The largest absolute Gasteiger partial charge is 0.390 e. The molecule has 1 atom stereocenters. The maximum atomic E-state index is 8.70. The minimum atomic E-state index is -0.0681. The van der Waals surface area contributed by atoms with E-state index in [1.165, 1.54) is 0 Å². The van der Waals surface area contributed by atoms with Crippen LogP contribution >= 0.6 is 0 Å². The van der Waals surface area contributed by atoms with E-state index in [0.29, 0.717) is 12.2 Å². The van der Waals surface area contributed by atoms with E-state index in [2.05, 4.69) is 10.3 Å². The molecule has 12 heavy (non-hydrogen) atoms. The zero-order valence-electron chi connectivity index (χ0n) is 7.14. The molecule has 0 aliphatic carbocycles. The summed E-state index contributed by atoms with van der Waals surface area (Å²) >= 11 is 0. The van der Waals surface area contributed by atoms with Crippen molar-refractivity contribution < 1.29 is 5.11 Å². The first-order valence-electron chi connectivity index (χ1n) is 4.01. The van der Waals surface area contributed by atoms with Crippen LogP contribution in [0.15, 0.2) is 6.20 Å². The second-order valence-corrected chi connectivity index (χ2v) is 2.76. The van der Waals surface area contributed by atoms with E-state index >= 15 is 0 Å². The summed E-state index contributed by atoms with van der Waals surface area (Å²) in [6, 6.07) is 0.109. The summed E-state index contributed by atoms with van der Waals surface area (Å²) in [4.78, 5) is 0. The van der Waals surface area contributed by atoms with E-state index < -0.39 is 0 Å². The smallest absolute Gasteiger partial charge is 0.108 e. The fourth-order valence-corrected chi connectivity index (χ4v) is 0.870. The van der Waals surface area contributed by atoms with Crippen LogP contribution in [0.3, 0.4) is 0 Å². The Bertz CT molecular complexity index is 235. The van der Waals surface area contributed by atoms with Gasteiger partial charge in [-0.05, 0) is 6.42 Å². The Hall–Kier alpha value is -0.940. The number of aliphatic hydroxyl groups excluding tert-OH is 1. The van der Waals surface area contributed by atoms with Gasteiger partial charge >= 0.3 is 0 Å². The Morgan fingerprint density at radius 2 is 2.50 bits per heavy atom. The van der Waals surface area contributed by atoms with Gasteiger partial charge < -0.3 is 10.8 Å². The Labute approximate surface area is 71.2 Å². The third kappa shape index (κ3) is 2.28. The number of aromatic nitrogens is 3. The minimum absolute atomic E-state index is 0.0681. The lowest BCUT2D eigenvalue weighted by molar-refractivity contribution is 0.276. The van der Waals surface area contributed by atoms with Crippen LogP contribution in [0.2, 0.25) is 0 Å². The van der Waals surface area contributed by atoms with Crippen LogP contribution in [-0.4, -0.2) is 26.1 Å². The predicted molar refractivity (Wildman–Crippen MR) is 44.2 cm³/mol. The predicted octanol–water partition coefficient (Wildman–Crippen LogP) is -0.492. The fraction of sp³-hybridized carbons (Fsp3) is 0.714. The number of aliphatic hydroxyl groups is 1. The van der Waals surface area contributed by atoms with Crippen molar-refractivity contribution in [2.24, 2.45) is 5.73 Å². The van der Waals surface area contributed by atoms with E-state index in [1.807, 2.05) is 6.92 Å². The first-order chi connectivity index (χ1) is 5.76. The standard InChI is InChI=1S/C7H14N4O/c1-2-6(8)3-11-4-7(5-12)9-10-11/h4,6,12H,2-3,5,8H2,1H3/t6-/m1/s1.